The summed E-state index contributed by atoms with van der Waals surface area (Å²) in [6.07, 6.45) is 1.94. The van der Waals surface area contributed by atoms with Gasteiger partial charge in [0.15, 0.2) is 0 Å². The van der Waals surface area contributed by atoms with Gasteiger partial charge in [-0.15, -0.1) is 0 Å². The lowest BCUT2D eigenvalue weighted by atomic mass is 10.1. The van der Waals surface area contributed by atoms with E-state index in [1.807, 2.05) is 0 Å². The minimum atomic E-state index is -3.89. The SMILES string of the molecule is NC(=O)S1(C(N)=O)C(C(=O)O)=C(N)c2c(OCC3CC3)ccc(C(=O)O)c21. The maximum absolute atomic E-state index is 12.3. The minimum absolute atomic E-state index is 0.0787. The molecule has 1 saturated carbocycles. The second-order valence-electron chi connectivity index (χ2n) is 6.17. The number of fused-ring (bicyclic) bond motifs is 1. The molecule has 0 aromatic heterocycles. The second kappa shape index (κ2) is 6.20. The van der Waals surface area contributed by atoms with E-state index >= 15 is 0 Å². The topological polar surface area (TPSA) is 196 Å². The van der Waals surface area contributed by atoms with Crippen LogP contribution in [0.4, 0.5) is 9.59 Å². The molecular weight excluding hydrogens is 378 g/mol. The number of carboxylic acids is 2. The highest BCUT2D eigenvalue weighted by molar-refractivity contribution is 8.58. The number of carbonyl (C=O) groups is 4. The fourth-order valence-corrected chi connectivity index (χ4v) is 5.95. The standard InChI is InChI=1S/C16H17N3O7S/c17-10-9-8(26-5-6-1-2-6)4-3-7(13(20)21)11(9)27(15(18)24,16(19)25)12(10)14(22)23/h3-4,6H,1-2,5,17H2,(H2,18,24)(H2,19,25)(H,20,21)(H,22,23). The smallest absolute Gasteiger partial charge is 0.344 e. The van der Waals surface area contributed by atoms with Crippen LogP contribution in [0.25, 0.3) is 5.70 Å². The molecule has 1 aliphatic carbocycles. The van der Waals surface area contributed by atoms with Crippen molar-refractivity contribution >= 4 is 38.1 Å². The van der Waals surface area contributed by atoms with E-state index < -0.39 is 53.5 Å². The molecule has 1 aliphatic heterocycles. The van der Waals surface area contributed by atoms with Crippen molar-refractivity contribution in [3.63, 3.8) is 0 Å². The van der Waals surface area contributed by atoms with Gasteiger partial charge in [-0.3, -0.25) is 9.59 Å². The molecule has 11 heteroatoms. The van der Waals surface area contributed by atoms with Crippen LogP contribution in [0.15, 0.2) is 21.9 Å². The number of benzene rings is 1. The van der Waals surface area contributed by atoms with Crippen LogP contribution in [-0.4, -0.2) is 39.2 Å². The minimum Gasteiger partial charge on any atom is -0.493 e. The van der Waals surface area contributed by atoms with E-state index in [9.17, 15) is 29.4 Å². The molecule has 0 bridgehead atoms. The molecule has 0 unspecified atom stereocenters. The number of ether oxygens (including phenoxy) is 1. The molecule has 0 atom stereocenters. The number of amides is 2. The Hall–Kier alpha value is -3.21. The quantitative estimate of drug-likeness (QED) is 0.490. The van der Waals surface area contributed by atoms with Crippen molar-refractivity contribution in [3.8, 4) is 5.75 Å². The number of primary amides is 2. The summed E-state index contributed by atoms with van der Waals surface area (Å²) in [6, 6.07) is 2.43. The Morgan fingerprint density at radius 2 is 1.67 bits per heavy atom. The van der Waals surface area contributed by atoms with Crippen molar-refractivity contribution in [2.24, 2.45) is 23.1 Å². The van der Waals surface area contributed by atoms with Crippen LogP contribution in [0.1, 0.15) is 28.8 Å². The predicted molar refractivity (Wildman–Crippen MR) is 95.4 cm³/mol. The lowest BCUT2D eigenvalue weighted by Crippen LogP contribution is -2.33. The summed E-state index contributed by atoms with van der Waals surface area (Å²) >= 11 is 0. The van der Waals surface area contributed by atoms with Crippen LogP contribution in [0.2, 0.25) is 0 Å². The molecule has 27 heavy (non-hydrogen) atoms. The lowest BCUT2D eigenvalue weighted by Gasteiger charge is -2.31. The number of hydrogen-bond donors (Lipinski definition) is 5. The van der Waals surface area contributed by atoms with Crippen LogP contribution in [0, 0.1) is 5.92 Å². The molecule has 144 valence electrons. The first-order valence-electron chi connectivity index (χ1n) is 7.82. The molecule has 2 aliphatic rings. The normalized spacial score (nSPS) is 18.5. The number of carboxylic acid groups (broad SMARTS) is 2. The number of nitrogens with two attached hydrogens (primary N) is 3. The van der Waals surface area contributed by atoms with Crippen molar-refractivity contribution in [1.29, 1.82) is 0 Å². The second-order valence-corrected chi connectivity index (χ2v) is 9.02. The highest BCUT2D eigenvalue weighted by Crippen LogP contribution is 2.71. The van der Waals surface area contributed by atoms with Crippen LogP contribution >= 0.6 is 10.0 Å². The van der Waals surface area contributed by atoms with Gasteiger partial charge < -0.3 is 32.2 Å². The van der Waals surface area contributed by atoms with Crippen molar-refractivity contribution in [2.45, 2.75) is 17.7 Å². The summed E-state index contributed by atoms with van der Waals surface area (Å²) in [4.78, 5) is 47.0. The fourth-order valence-electron chi connectivity index (χ4n) is 3.05. The molecule has 8 N–H and O–H groups in total. The van der Waals surface area contributed by atoms with Gasteiger partial charge in [0.1, 0.15) is 10.7 Å². The van der Waals surface area contributed by atoms with Crippen molar-refractivity contribution in [2.75, 3.05) is 6.61 Å². The zero-order valence-electron chi connectivity index (χ0n) is 13.9. The van der Waals surface area contributed by atoms with E-state index in [0.717, 1.165) is 18.9 Å². The van der Waals surface area contributed by atoms with Gasteiger partial charge in [-0.05, 0) is 40.9 Å². The first-order valence-corrected chi connectivity index (χ1v) is 9.46. The Balaban J connectivity index is 2.38. The van der Waals surface area contributed by atoms with E-state index in [1.165, 1.54) is 6.07 Å². The predicted octanol–water partition coefficient (Wildman–Crippen LogP) is 1.22. The zero-order valence-corrected chi connectivity index (χ0v) is 14.7. The van der Waals surface area contributed by atoms with Crippen molar-refractivity contribution in [3.05, 3.63) is 28.2 Å². The Morgan fingerprint density at radius 3 is 2.11 bits per heavy atom. The van der Waals surface area contributed by atoms with E-state index in [4.69, 9.17) is 21.9 Å². The number of aromatic carboxylic acids is 1. The van der Waals surface area contributed by atoms with Crippen LogP contribution in [-0.2, 0) is 4.79 Å². The first-order chi connectivity index (χ1) is 12.6. The van der Waals surface area contributed by atoms with Crippen LogP contribution in [0.3, 0.4) is 0 Å². The number of aliphatic carboxylic acids is 1. The molecule has 0 radical (unpaired) electrons. The Morgan fingerprint density at radius 1 is 1.07 bits per heavy atom. The Labute approximate surface area is 154 Å². The van der Waals surface area contributed by atoms with Gasteiger partial charge in [0.25, 0.3) is 10.5 Å². The maximum Gasteiger partial charge on any atom is 0.344 e. The van der Waals surface area contributed by atoms with Gasteiger partial charge >= 0.3 is 11.9 Å². The molecular formula is C16H17N3O7S. The highest BCUT2D eigenvalue weighted by Gasteiger charge is 2.55. The fraction of sp³-hybridized carbons (Fsp3) is 0.250. The summed E-state index contributed by atoms with van der Waals surface area (Å²) < 4.78 is 5.67. The van der Waals surface area contributed by atoms with E-state index in [1.54, 1.807) is 0 Å². The average Bonchev–Trinajstić information content (AvgIpc) is 3.34. The third-order valence-electron chi connectivity index (χ3n) is 4.45. The summed E-state index contributed by atoms with van der Waals surface area (Å²) in [5.41, 5.74) is 15.7. The Bertz CT molecular complexity index is 922. The number of rotatable bonds is 5. The van der Waals surface area contributed by atoms with Gasteiger partial charge in [-0.2, -0.15) is 0 Å². The van der Waals surface area contributed by atoms with Gasteiger partial charge in [-0.1, -0.05) is 0 Å². The van der Waals surface area contributed by atoms with E-state index in [0.29, 0.717) is 12.5 Å². The van der Waals surface area contributed by atoms with Gasteiger partial charge in [0, 0.05) is 4.90 Å². The van der Waals surface area contributed by atoms with Gasteiger partial charge in [0.05, 0.1) is 23.4 Å². The van der Waals surface area contributed by atoms with Crippen molar-refractivity contribution < 1.29 is 34.1 Å². The zero-order chi connectivity index (χ0) is 20.1. The summed E-state index contributed by atoms with van der Waals surface area (Å²) in [5.74, 6) is -2.76. The summed E-state index contributed by atoms with van der Waals surface area (Å²) in [7, 11) is -3.89. The molecule has 0 saturated heterocycles. The molecule has 0 spiro atoms. The monoisotopic (exact) mass is 395 g/mol. The third-order valence-corrected chi connectivity index (χ3v) is 7.70. The molecule has 3 rings (SSSR count). The molecule has 1 aromatic carbocycles. The summed E-state index contributed by atoms with van der Waals surface area (Å²) in [6.45, 7) is 0.310. The largest absolute Gasteiger partial charge is 0.493 e. The number of hydrogen-bond acceptors (Lipinski definition) is 6. The van der Waals surface area contributed by atoms with E-state index in [-0.39, 0.29) is 11.3 Å². The van der Waals surface area contributed by atoms with Crippen LogP contribution in [0.5, 0.6) is 5.75 Å². The lowest BCUT2D eigenvalue weighted by molar-refractivity contribution is -0.131. The molecule has 1 aromatic rings. The molecule has 2 amide bonds. The van der Waals surface area contributed by atoms with E-state index in [2.05, 4.69) is 0 Å². The first kappa shape index (κ1) is 18.6. The average molecular weight is 395 g/mol. The number of carbonyl (C=O) groups excluding carboxylic acids is 2. The third kappa shape index (κ3) is 2.58. The summed E-state index contributed by atoms with van der Waals surface area (Å²) in [5, 5.41) is 16.5. The van der Waals surface area contributed by atoms with Crippen LogP contribution < -0.4 is 21.9 Å². The highest BCUT2D eigenvalue weighted by atomic mass is 32.3. The van der Waals surface area contributed by atoms with Gasteiger partial charge in [0.2, 0.25) is 0 Å². The Kier molecular flexibility index (Phi) is 4.26. The molecule has 1 heterocycles. The maximum atomic E-state index is 12.3. The van der Waals surface area contributed by atoms with Crippen molar-refractivity contribution in [1.82, 2.24) is 0 Å². The molecule has 10 nitrogen and oxygen atoms in total. The van der Waals surface area contributed by atoms with Gasteiger partial charge in [-0.25, -0.2) is 9.59 Å². The molecule has 1 fully saturated rings.